The molecule has 0 aliphatic heterocycles. The molecule has 0 amide bonds. The van der Waals surface area contributed by atoms with E-state index in [0.29, 0.717) is 6.54 Å². The number of nitrogens with two attached hydrogens (primary N) is 1. The summed E-state index contributed by atoms with van der Waals surface area (Å²) in [4.78, 5) is 0. The summed E-state index contributed by atoms with van der Waals surface area (Å²) in [7, 11) is 4.91. The standard InChI is InChI=1S/C14H24N2O3/c1-17-11-8-13(18-2)12(14(9-11)19-3)10-16-7-5-4-6-15/h8-9,16H,4-7,10,15H2,1-3H3. The van der Waals surface area contributed by atoms with Crippen molar-refractivity contribution in [3.05, 3.63) is 17.7 Å². The highest BCUT2D eigenvalue weighted by atomic mass is 16.5. The van der Waals surface area contributed by atoms with Crippen LogP contribution in [0.3, 0.4) is 0 Å². The van der Waals surface area contributed by atoms with Crippen LogP contribution in [0.25, 0.3) is 0 Å². The summed E-state index contributed by atoms with van der Waals surface area (Å²) in [6.45, 7) is 2.35. The minimum absolute atomic E-state index is 0.695. The Bertz CT molecular complexity index is 358. The van der Waals surface area contributed by atoms with Gasteiger partial charge in [-0.2, -0.15) is 0 Å². The van der Waals surface area contributed by atoms with E-state index in [9.17, 15) is 0 Å². The third kappa shape index (κ3) is 4.61. The molecular weight excluding hydrogens is 244 g/mol. The number of hydrogen-bond acceptors (Lipinski definition) is 5. The molecule has 3 N–H and O–H groups in total. The van der Waals surface area contributed by atoms with Crippen molar-refractivity contribution in [1.29, 1.82) is 0 Å². The summed E-state index contributed by atoms with van der Waals surface area (Å²) >= 11 is 0. The molecule has 1 rings (SSSR count). The summed E-state index contributed by atoms with van der Waals surface area (Å²) in [5.41, 5.74) is 6.46. The van der Waals surface area contributed by atoms with E-state index in [0.717, 1.165) is 48.7 Å². The molecule has 0 atom stereocenters. The number of rotatable bonds is 9. The van der Waals surface area contributed by atoms with Crippen molar-refractivity contribution in [2.75, 3.05) is 34.4 Å². The molecule has 0 saturated carbocycles. The van der Waals surface area contributed by atoms with Gasteiger partial charge in [-0.05, 0) is 25.9 Å². The van der Waals surface area contributed by atoms with E-state index in [1.165, 1.54) is 0 Å². The smallest absolute Gasteiger partial charge is 0.130 e. The molecule has 1 aromatic rings. The maximum atomic E-state index is 5.46. The topological polar surface area (TPSA) is 65.7 Å². The highest BCUT2D eigenvalue weighted by molar-refractivity contribution is 5.50. The molecule has 0 radical (unpaired) electrons. The van der Waals surface area contributed by atoms with Crippen LogP contribution < -0.4 is 25.3 Å². The van der Waals surface area contributed by atoms with Crippen LogP contribution in [0.15, 0.2) is 12.1 Å². The van der Waals surface area contributed by atoms with Crippen LogP contribution in [0.4, 0.5) is 0 Å². The monoisotopic (exact) mass is 268 g/mol. The van der Waals surface area contributed by atoms with Crippen LogP contribution >= 0.6 is 0 Å². The van der Waals surface area contributed by atoms with Gasteiger partial charge in [0.1, 0.15) is 17.2 Å². The second-order valence-corrected chi connectivity index (χ2v) is 4.18. The Morgan fingerprint density at radius 1 is 1.00 bits per heavy atom. The molecule has 0 bridgehead atoms. The zero-order valence-corrected chi connectivity index (χ0v) is 12.0. The van der Waals surface area contributed by atoms with Crippen molar-refractivity contribution in [2.24, 2.45) is 5.73 Å². The maximum Gasteiger partial charge on any atom is 0.130 e. The van der Waals surface area contributed by atoms with Crippen molar-refractivity contribution in [1.82, 2.24) is 5.32 Å². The molecule has 108 valence electrons. The molecule has 1 aromatic carbocycles. The van der Waals surface area contributed by atoms with Crippen LogP contribution in [0.5, 0.6) is 17.2 Å². The third-order valence-corrected chi connectivity index (χ3v) is 2.93. The Hall–Kier alpha value is -1.46. The minimum atomic E-state index is 0.695. The van der Waals surface area contributed by atoms with Gasteiger partial charge in [-0.3, -0.25) is 0 Å². The van der Waals surface area contributed by atoms with Crippen molar-refractivity contribution >= 4 is 0 Å². The molecule has 0 aromatic heterocycles. The lowest BCUT2D eigenvalue weighted by Crippen LogP contribution is -2.17. The molecule has 0 fully saturated rings. The summed E-state index contributed by atoms with van der Waals surface area (Å²) in [5, 5.41) is 3.37. The van der Waals surface area contributed by atoms with Crippen molar-refractivity contribution in [3.8, 4) is 17.2 Å². The molecule has 19 heavy (non-hydrogen) atoms. The molecule has 0 saturated heterocycles. The van der Waals surface area contributed by atoms with Gasteiger partial charge in [0.15, 0.2) is 0 Å². The summed E-state index contributed by atoms with van der Waals surface area (Å²) in [6, 6.07) is 3.72. The van der Waals surface area contributed by atoms with E-state index in [1.807, 2.05) is 12.1 Å². The number of methoxy groups -OCH3 is 3. The lowest BCUT2D eigenvalue weighted by molar-refractivity contribution is 0.366. The molecular formula is C14H24N2O3. The number of benzene rings is 1. The van der Waals surface area contributed by atoms with Gasteiger partial charge in [-0.25, -0.2) is 0 Å². The first kappa shape index (κ1) is 15.6. The van der Waals surface area contributed by atoms with Crippen LogP contribution in [0.2, 0.25) is 0 Å². The van der Waals surface area contributed by atoms with E-state index in [-0.39, 0.29) is 0 Å². The molecule has 5 heteroatoms. The molecule has 0 heterocycles. The van der Waals surface area contributed by atoms with Crippen LogP contribution in [0, 0.1) is 0 Å². The fourth-order valence-corrected chi connectivity index (χ4v) is 1.86. The zero-order chi connectivity index (χ0) is 14.1. The highest BCUT2D eigenvalue weighted by Gasteiger charge is 2.12. The van der Waals surface area contributed by atoms with E-state index >= 15 is 0 Å². The summed E-state index contributed by atoms with van der Waals surface area (Å²) in [5.74, 6) is 2.26. The predicted octanol–water partition coefficient (Wildman–Crippen LogP) is 1.54. The number of nitrogens with one attached hydrogen (secondary N) is 1. The lowest BCUT2D eigenvalue weighted by atomic mass is 10.1. The third-order valence-electron chi connectivity index (χ3n) is 2.93. The second-order valence-electron chi connectivity index (χ2n) is 4.18. The van der Waals surface area contributed by atoms with E-state index in [2.05, 4.69) is 5.32 Å². The van der Waals surface area contributed by atoms with Gasteiger partial charge in [0.2, 0.25) is 0 Å². The highest BCUT2D eigenvalue weighted by Crippen LogP contribution is 2.33. The summed E-state index contributed by atoms with van der Waals surface area (Å²) in [6.07, 6.45) is 2.10. The number of unbranched alkanes of at least 4 members (excludes halogenated alkanes) is 1. The first-order chi connectivity index (χ1) is 9.26. The first-order valence-corrected chi connectivity index (χ1v) is 6.46. The van der Waals surface area contributed by atoms with Crippen LogP contribution in [-0.2, 0) is 6.54 Å². The normalized spacial score (nSPS) is 10.3. The molecule has 0 unspecified atom stereocenters. The van der Waals surface area contributed by atoms with E-state index in [1.54, 1.807) is 21.3 Å². The largest absolute Gasteiger partial charge is 0.496 e. The SMILES string of the molecule is COc1cc(OC)c(CNCCCCN)c(OC)c1. The lowest BCUT2D eigenvalue weighted by Gasteiger charge is -2.15. The predicted molar refractivity (Wildman–Crippen MR) is 76.1 cm³/mol. The van der Waals surface area contributed by atoms with E-state index < -0.39 is 0 Å². The van der Waals surface area contributed by atoms with Crippen molar-refractivity contribution in [3.63, 3.8) is 0 Å². The second kappa shape index (κ2) is 8.61. The Morgan fingerprint density at radius 3 is 2.11 bits per heavy atom. The van der Waals surface area contributed by atoms with Crippen LogP contribution in [0.1, 0.15) is 18.4 Å². The van der Waals surface area contributed by atoms with Gasteiger partial charge in [0.25, 0.3) is 0 Å². The van der Waals surface area contributed by atoms with Gasteiger partial charge in [-0.1, -0.05) is 0 Å². The summed E-state index contributed by atoms with van der Waals surface area (Å²) < 4.78 is 16.0. The Balaban J connectivity index is 2.73. The molecule has 0 aliphatic carbocycles. The fourth-order valence-electron chi connectivity index (χ4n) is 1.86. The average Bonchev–Trinajstić information content (AvgIpc) is 2.46. The molecule has 5 nitrogen and oxygen atoms in total. The number of hydrogen-bond donors (Lipinski definition) is 2. The Labute approximate surface area is 115 Å². The quantitative estimate of drug-likeness (QED) is 0.665. The van der Waals surface area contributed by atoms with Gasteiger partial charge < -0.3 is 25.3 Å². The van der Waals surface area contributed by atoms with E-state index in [4.69, 9.17) is 19.9 Å². The Kier molecular flexibility index (Phi) is 7.07. The number of ether oxygens (including phenoxy) is 3. The fraction of sp³-hybridized carbons (Fsp3) is 0.571. The molecule has 0 aliphatic rings. The minimum Gasteiger partial charge on any atom is -0.496 e. The van der Waals surface area contributed by atoms with Gasteiger partial charge in [-0.15, -0.1) is 0 Å². The zero-order valence-electron chi connectivity index (χ0n) is 12.0. The van der Waals surface area contributed by atoms with Gasteiger partial charge in [0.05, 0.1) is 26.9 Å². The first-order valence-electron chi connectivity index (χ1n) is 6.46. The molecule has 0 spiro atoms. The van der Waals surface area contributed by atoms with Gasteiger partial charge in [0, 0.05) is 18.7 Å². The Morgan fingerprint density at radius 2 is 1.63 bits per heavy atom. The van der Waals surface area contributed by atoms with Crippen molar-refractivity contribution < 1.29 is 14.2 Å². The van der Waals surface area contributed by atoms with Crippen molar-refractivity contribution in [2.45, 2.75) is 19.4 Å². The average molecular weight is 268 g/mol. The maximum absolute atomic E-state index is 5.46. The van der Waals surface area contributed by atoms with Gasteiger partial charge >= 0.3 is 0 Å². The van der Waals surface area contributed by atoms with Crippen LogP contribution in [-0.4, -0.2) is 34.4 Å².